The monoisotopic (exact) mass is 304 g/mol. The Hall–Kier alpha value is -2.32. The molecular formula is C12H11F3N2O4. The zero-order valence-electron chi connectivity index (χ0n) is 10.6. The minimum absolute atomic E-state index is 0.0148. The molecule has 0 aliphatic carbocycles. The molecule has 1 aliphatic rings. The van der Waals surface area contributed by atoms with Crippen LogP contribution in [0.1, 0.15) is 24.4 Å². The highest BCUT2D eigenvalue weighted by atomic mass is 19.4. The molecule has 0 saturated carbocycles. The Bertz CT molecular complexity index is 562. The molecule has 114 valence electrons. The third-order valence-electron chi connectivity index (χ3n) is 3.09. The van der Waals surface area contributed by atoms with Crippen LogP contribution >= 0.6 is 0 Å². The van der Waals surface area contributed by atoms with Gasteiger partial charge in [-0.05, 0) is 17.7 Å². The fourth-order valence-electron chi connectivity index (χ4n) is 2.23. The molecule has 0 spiro atoms. The molecule has 0 radical (unpaired) electrons. The number of piperidine rings is 1. The molecular weight excluding hydrogens is 293 g/mol. The third kappa shape index (κ3) is 3.83. The van der Waals surface area contributed by atoms with Gasteiger partial charge in [-0.1, -0.05) is 12.1 Å². The second kappa shape index (κ2) is 5.58. The van der Waals surface area contributed by atoms with Crippen molar-refractivity contribution in [2.75, 3.05) is 0 Å². The number of nitrogens with one attached hydrogen (secondary N) is 1. The van der Waals surface area contributed by atoms with Crippen LogP contribution in [-0.4, -0.2) is 23.2 Å². The van der Waals surface area contributed by atoms with Crippen LogP contribution in [0.3, 0.4) is 0 Å². The summed E-state index contributed by atoms with van der Waals surface area (Å²) in [6, 6.07) is 2.77. The maximum atomic E-state index is 12.2. The Morgan fingerprint density at radius 2 is 2.10 bits per heavy atom. The lowest BCUT2D eigenvalue weighted by molar-refractivity contribution is -0.529. The number of nitrogens with zero attached hydrogens (tertiary/aromatic N) is 1. The molecule has 1 aromatic carbocycles. The molecule has 2 rings (SSSR count). The summed E-state index contributed by atoms with van der Waals surface area (Å²) in [5.74, 6) is -0.859. The van der Waals surface area contributed by atoms with Crippen molar-refractivity contribution in [1.82, 2.24) is 5.32 Å². The molecule has 1 N–H and O–H groups in total. The molecule has 21 heavy (non-hydrogen) atoms. The fourth-order valence-corrected chi connectivity index (χ4v) is 2.23. The van der Waals surface area contributed by atoms with Crippen molar-refractivity contribution in [2.24, 2.45) is 0 Å². The summed E-state index contributed by atoms with van der Waals surface area (Å²) in [5, 5.41) is 13.4. The van der Waals surface area contributed by atoms with Crippen LogP contribution < -0.4 is 10.1 Å². The number of carbonyl (C=O) groups is 1. The number of ether oxygens (including phenoxy) is 1. The van der Waals surface area contributed by atoms with Crippen LogP contribution in [0.25, 0.3) is 0 Å². The third-order valence-corrected chi connectivity index (χ3v) is 3.09. The van der Waals surface area contributed by atoms with Gasteiger partial charge in [0.1, 0.15) is 11.8 Å². The van der Waals surface area contributed by atoms with E-state index in [1.54, 1.807) is 0 Å². The lowest BCUT2D eigenvalue weighted by Gasteiger charge is -2.27. The molecule has 1 aromatic rings. The summed E-state index contributed by atoms with van der Waals surface area (Å²) in [6.07, 6.45) is -4.80. The van der Waals surface area contributed by atoms with E-state index < -0.39 is 29.1 Å². The number of hydrogen-bond donors (Lipinski definition) is 1. The molecule has 1 fully saturated rings. The standard InChI is InChI=1S/C12H11F3N2O4/c13-12(14,15)21-8-3-1-2-7(6-8)11-9(17(19)20)4-5-10(18)16-11/h1-3,6,9,11H,4-5H2,(H,16,18)/t9-,11-/m1/s1. The number of halogens is 3. The lowest BCUT2D eigenvalue weighted by Crippen LogP contribution is -2.45. The van der Waals surface area contributed by atoms with Gasteiger partial charge in [0.15, 0.2) is 0 Å². The molecule has 0 unspecified atom stereocenters. The van der Waals surface area contributed by atoms with Crippen molar-refractivity contribution in [3.63, 3.8) is 0 Å². The number of amides is 1. The maximum Gasteiger partial charge on any atom is 0.573 e. The van der Waals surface area contributed by atoms with E-state index in [2.05, 4.69) is 10.1 Å². The van der Waals surface area contributed by atoms with E-state index >= 15 is 0 Å². The Morgan fingerprint density at radius 3 is 2.71 bits per heavy atom. The van der Waals surface area contributed by atoms with Gasteiger partial charge in [0, 0.05) is 17.8 Å². The molecule has 1 heterocycles. The smallest absolute Gasteiger partial charge is 0.406 e. The zero-order chi connectivity index (χ0) is 15.6. The summed E-state index contributed by atoms with van der Waals surface area (Å²) in [6.45, 7) is 0. The van der Waals surface area contributed by atoms with Crippen LogP contribution in [0.15, 0.2) is 24.3 Å². The minimum Gasteiger partial charge on any atom is -0.406 e. The minimum atomic E-state index is -4.85. The first-order valence-corrected chi connectivity index (χ1v) is 6.05. The Labute approximate surface area is 117 Å². The first-order valence-electron chi connectivity index (χ1n) is 6.05. The molecule has 6 nitrogen and oxygen atoms in total. The van der Waals surface area contributed by atoms with Crippen molar-refractivity contribution in [1.29, 1.82) is 0 Å². The van der Waals surface area contributed by atoms with Crippen LogP contribution in [0.2, 0.25) is 0 Å². The van der Waals surface area contributed by atoms with Gasteiger partial charge in [-0.2, -0.15) is 0 Å². The molecule has 1 aliphatic heterocycles. The Kier molecular flexibility index (Phi) is 4.01. The predicted octanol–water partition coefficient (Wildman–Crippen LogP) is 2.18. The highest BCUT2D eigenvalue weighted by Gasteiger charge is 2.38. The van der Waals surface area contributed by atoms with Gasteiger partial charge in [-0.25, -0.2) is 0 Å². The van der Waals surface area contributed by atoms with Gasteiger partial charge < -0.3 is 10.1 Å². The van der Waals surface area contributed by atoms with Crippen molar-refractivity contribution in [3.05, 3.63) is 39.9 Å². The number of rotatable bonds is 3. The SMILES string of the molecule is O=C1CC[C@@H]([N+](=O)[O-])[C@@H](c2cccc(OC(F)(F)F)c2)N1. The van der Waals surface area contributed by atoms with Gasteiger partial charge in [-0.3, -0.25) is 14.9 Å². The number of hydrogen-bond acceptors (Lipinski definition) is 4. The maximum absolute atomic E-state index is 12.2. The number of alkyl halides is 3. The first-order chi connectivity index (χ1) is 9.76. The van der Waals surface area contributed by atoms with Crippen molar-refractivity contribution in [2.45, 2.75) is 31.3 Å². The number of carbonyl (C=O) groups excluding carboxylic acids is 1. The largest absolute Gasteiger partial charge is 0.573 e. The van der Waals surface area contributed by atoms with Crippen molar-refractivity contribution >= 4 is 5.91 Å². The average Bonchev–Trinajstić information content (AvgIpc) is 2.36. The summed E-state index contributed by atoms with van der Waals surface area (Å²) in [7, 11) is 0. The predicted molar refractivity (Wildman–Crippen MR) is 64.0 cm³/mol. The quantitative estimate of drug-likeness (QED) is 0.685. The summed E-state index contributed by atoms with van der Waals surface area (Å²) < 4.78 is 40.3. The summed E-state index contributed by atoms with van der Waals surface area (Å²) in [4.78, 5) is 21.8. The van der Waals surface area contributed by atoms with Gasteiger partial charge in [0.2, 0.25) is 11.9 Å². The number of benzene rings is 1. The van der Waals surface area contributed by atoms with Crippen LogP contribution in [0, 0.1) is 10.1 Å². The Balaban J connectivity index is 2.28. The Morgan fingerprint density at radius 1 is 1.38 bits per heavy atom. The molecule has 0 aromatic heterocycles. The lowest BCUT2D eigenvalue weighted by atomic mass is 9.92. The molecule has 2 atom stereocenters. The van der Waals surface area contributed by atoms with E-state index in [-0.39, 0.29) is 24.3 Å². The molecule has 1 saturated heterocycles. The fraction of sp³-hybridized carbons (Fsp3) is 0.417. The van der Waals surface area contributed by atoms with E-state index in [9.17, 15) is 28.1 Å². The molecule has 9 heteroatoms. The van der Waals surface area contributed by atoms with Crippen molar-refractivity contribution < 1.29 is 27.6 Å². The van der Waals surface area contributed by atoms with E-state index in [0.717, 1.165) is 12.1 Å². The average molecular weight is 304 g/mol. The van der Waals surface area contributed by atoms with E-state index in [4.69, 9.17) is 0 Å². The van der Waals surface area contributed by atoms with E-state index in [1.807, 2.05) is 0 Å². The highest BCUT2D eigenvalue weighted by molar-refractivity contribution is 5.77. The van der Waals surface area contributed by atoms with Crippen molar-refractivity contribution in [3.8, 4) is 5.75 Å². The topological polar surface area (TPSA) is 81.5 Å². The van der Waals surface area contributed by atoms with Gasteiger partial charge in [-0.15, -0.1) is 13.2 Å². The second-order valence-corrected chi connectivity index (χ2v) is 4.56. The van der Waals surface area contributed by atoms with Gasteiger partial charge >= 0.3 is 6.36 Å². The summed E-state index contributed by atoms with van der Waals surface area (Å²) in [5.41, 5.74) is 0.200. The van der Waals surface area contributed by atoms with E-state index in [1.165, 1.54) is 12.1 Å². The zero-order valence-corrected chi connectivity index (χ0v) is 10.6. The van der Waals surface area contributed by atoms with Crippen LogP contribution in [0.4, 0.5) is 13.2 Å². The second-order valence-electron chi connectivity index (χ2n) is 4.56. The first kappa shape index (κ1) is 15.1. The normalized spacial score (nSPS) is 22.5. The van der Waals surface area contributed by atoms with Gasteiger partial charge in [0.25, 0.3) is 0 Å². The van der Waals surface area contributed by atoms with Gasteiger partial charge in [0.05, 0.1) is 0 Å². The van der Waals surface area contributed by atoms with Crippen LogP contribution in [0.5, 0.6) is 5.75 Å². The van der Waals surface area contributed by atoms with E-state index in [0.29, 0.717) is 0 Å². The van der Waals surface area contributed by atoms with Crippen LogP contribution in [-0.2, 0) is 4.79 Å². The molecule has 1 amide bonds. The highest BCUT2D eigenvalue weighted by Crippen LogP contribution is 2.30. The summed E-state index contributed by atoms with van der Waals surface area (Å²) >= 11 is 0. The molecule has 0 bridgehead atoms. The number of nitro groups is 1.